The first-order valence-electron chi connectivity index (χ1n) is 4.91. The lowest BCUT2D eigenvalue weighted by Gasteiger charge is -2.14. The van der Waals surface area contributed by atoms with Gasteiger partial charge in [0.15, 0.2) is 0 Å². The Balaban J connectivity index is 3.04. The summed E-state index contributed by atoms with van der Waals surface area (Å²) in [4.78, 5) is 10.5. The summed E-state index contributed by atoms with van der Waals surface area (Å²) in [5.41, 5.74) is -1.68. The van der Waals surface area contributed by atoms with E-state index < -0.39 is 30.1 Å². The smallest absolute Gasteiger partial charge is 0.420 e. The normalized spacial score (nSPS) is 10.6. The maximum Gasteiger partial charge on any atom is 0.420 e. The first-order valence-corrected chi connectivity index (χ1v) is 4.91. The second-order valence-electron chi connectivity index (χ2n) is 3.52. The van der Waals surface area contributed by atoms with Crippen molar-refractivity contribution in [2.75, 3.05) is 6.61 Å². The van der Waals surface area contributed by atoms with Crippen LogP contribution in [0.5, 0.6) is 5.75 Å². The third kappa shape index (κ3) is 3.74. The number of carboxylic acid groups (broad SMARTS) is 1. The Kier molecular flexibility index (Phi) is 4.17. The number of alkyl halides is 3. The molecule has 0 aliphatic carbocycles. The summed E-state index contributed by atoms with van der Waals surface area (Å²) in [6.07, 6.45) is -4.70. The van der Waals surface area contributed by atoms with Crippen LogP contribution in [0.4, 0.5) is 13.2 Å². The third-order valence-electron chi connectivity index (χ3n) is 2.12. The molecule has 0 heterocycles. The molecule has 4 nitrogen and oxygen atoms in total. The Bertz CT molecular complexity index is 558. The fraction of sp³-hybridized carbons (Fsp3) is 0.167. The topological polar surface area (TPSA) is 70.3 Å². The molecule has 100 valence electrons. The van der Waals surface area contributed by atoms with Crippen molar-refractivity contribution in [3.8, 4) is 11.8 Å². The maximum atomic E-state index is 12.7. The molecule has 0 atom stereocenters. The van der Waals surface area contributed by atoms with E-state index in [0.29, 0.717) is 6.07 Å². The number of nitriles is 1. The highest BCUT2D eigenvalue weighted by molar-refractivity contribution is 5.86. The summed E-state index contributed by atoms with van der Waals surface area (Å²) in [5.74, 6) is -1.91. The molecule has 1 rings (SSSR count). The van der Waals surface area contributed by atoms with E-state index in [0.717, 1.165) is 12.1 Å². The third-order valence-corrected chi connectivity index (χ3v) is 2.12. The van der Waals surface area contributed by atoms with Crippen molar-refractivity contribution in [2.45, 2.75) is 6.18 Å². The van der Waals surface area contributed by atoms with Gasteiger partial charge >= 0.3 is 12.1 Å². The molecule has 0 aliphatic heterocycles. The maximum absolute atomic E-state index is 12.7. The number of hydrogen-bond donors (Lipinski definition) is 1. The minimum absolute atomic E-state index is 0.170. The van der Waals surface area contributed by atoms with E-state index in [-0.39, 0.29) is 11.1 Å². The summed E-state index contributed by atoms with van der Waals surface area (Å²) in [5, 5.41) is 17.1. The van der Waals surface area contributed by atoms with Gasteiger partial charge in [-0.3, -0.25) is 0 Å². The van der Waals surface area contributed by atoms with E-state index in [4.69, 9.17) is 15.1 Å². The number of ether oxygens (including phenoxy) is 1. The molecule has 0 radical (unpaired) electrons. The van der Waals surface area contributed by atoms with E-state index in [1.54, 1.807) is 6.07 Å². The van der Waals surface area contributed by atoms with E-state index >= 15 is 0 Å². The van der Waals surface area contributed by atoms with E-state index in [1.165, 1.54) is 0 Å². The summed E-state index contributed by atoms with van der Waals surface area (Å²) in [7, 11) is 0. The number of carbonyl (C=O) groups is 1. The molecular weight excluding hydrogens is 263 g/mol. The Labute approximate surface area is 106 Å². The highest BCUT2D eigenvalue weighted by atomic mass is 19.4. The molecule has 0 spiro atoms. The fourth-order valence-electron chi connectivity index (χ4n) is 1.17. The molecule has 0 aliphatic rings. The minimum Gasteiger partial charge on any atom is -0.488 e. The summed E-state index contributed by atoms with van der Waals surface area (Å²) in [6, 6.07) is 4.34. The highest BCUT2D eigenvalue weighted by Gasteiger charge is 2.34. The average Bonchev–Trinajstić information content (AvgIpc) is 2.34. The van der Waals surface area contributed by atoms with Gasteiger partial charge in [-0.1, -0.05) is 6.58 Å². The molecular formula is C12H8F3NO3. The SMILES string of the molecule is C=C(COc1ccc(C#N)cc1C(F)(F)F)C(=O)O. The Hall–Kier alpha value is -2.49. The van der Waals surface area contributed by atoms with E-state index in [1.807, 2.05) is 0 Å². The molecule has 0 unspecified atom stereocenters. The number of hydrogen-bond acceptors (Lipinski definition) is 3. The Morgan fingerprint density at radius 2 is 2.11 bits per heavy atom. The molecule has 0 amide bonds. The van der Waals surface area contributed by atoms with E-state index in [9.17, 15) is 18.0 Å². The molecule has 0 saturated heterocycles. The van der Waals surface area contributed by atoms with Gasteiger partial charge in [0.25, 0.3) is 0 Å². The lowest BCUT2D eigenvalue weighted by Crippen LogP contribution is -2.13. The first-order chi connectivity index (χ1) is 8.75. The van der Waals surface area contributed by atoms with Gasteiger partial charge in [-0.05, 0) is 18.2 Å². The largest absolute Gasteiger partial charge is 0.488 e. The van der Waals surface area contributed by atoms with Crippen LogP contribution < -0.4 is 4.74 Å². The van der Waals surface area contributed by atoms with Crippen LogP contribution in [0.3, 0.4) is 0 Å². The molecule has 0 bridgehead atoms. The highest BCUT2D eigenvalue weighted by Crippen LogP contribution is 2.36. The van der Waals surface area contributed by atoms with Crippen LogP contribution in [0.2, 0.25) is 0 Å². The minimum atomic E-state index is -4.70. The van der Waals surface area contributed by atoms with Gasteiger partial charge in [0, 0.05) is 0 Å². The van der Waals surface area contributed by atoms with Gasteiger partial charge in [0.2, 0.25) is 0 Å². The van der Waals surface area contributed by atoms with Gasteiger partial charge < -0.3 is 9.84 Å². The number of nitrogens with zero attached hydrogens (tertiary/aromatic N) is 1. The molecule has 19 heavy (non-hydrogen) atoms. The predicted molar refractivity (Wildman–Crippen MR) is 58.4 cm³/mol. The summed E-state index contributed by atoms with van der Waals surface area (Å²) >= 11 is 0. The van der Waals surface area contributed by atoms with E-state index in [2.05, 4.69) is 6.58 Å². The van der Waals surface area contributed by atoms with Crippen molar-refractivity contribution in [1.29, 1.82) is 5.26 Å². The fourth-order valence-corrected chi connectivity index (χ4v) is 1.17. The molecule has 1 N–H and O–H groups in total. The molecule has 0 saturated carbocycles. The standard InChI is InChI=1S/C12H8F3NO3/c1-7(11(17)18)6-19-10-3-2-8(5-16)4-9(10)12(13,14)15/h2-4H,1,6H2,(H,17,18). The van der Waals surface area contributed by atoms with Crippen molar-refractivity contribution in [3.63, 3.8) is 0 Å². The number of benzene rings is 1. The van der Waals surface area contributed by atoms with Crippen LogP contribution in [-0.4, -0.2) is 17.7 Å². The van der Waals surface area contributed by atoms with Crippen molar-refractivity contribution in [3.05, 3.63) is 41.5 Å². The summed E-state index contributed by atoms with van der Waals surface area (Å²) < 4.78 is 42.9. The lowest BCUT2D eigenvalue weighted by molar-refractivity contribution is -0.138. The zero-order valence-corrected chi connectivity index (χ0v) is 9.49. The monoisotopic (exact) mass is 271 g/mol. The van der Waals surface area contributed by atoms with Crippen LogP contribution in [0, 0.1) is 11.3 Å². The Morgan fingerprint density at radius 3 is 2.58 bits per heavy atom. The molecule has 0 aromatic heterocycles. The molecule has 1 aromatic rings. The van der Waals surface area contributed by atoms with Crippen LogP contribution >= 0.6 is 0 Å². The van der Waals surface area contributed by atoms with Crippen molar-refractivity contribution >= 4 is 5.97 Å². The predicted octanol–water partition coefficient (Wildman–Crippen LogP) is 2.60. The first kappa shape index (κ1) is 14.6. The number of rotatable bonds is 4. The van der Waals surface area contributed by atoms with Crippen molar-refractivity contribution in [2.24, 2.45) is 0 Å². The zero-order chi connectivity index (χ0) is 14.6. The second kappa shape index (κ2) is 5.44. The quantitative estimate of drug-likeness (QED) is 0.854. The molecule has 7 heteroatoms. The van der Waals surface area contributed by atoms with Crippen molar-refractivity contribution < 1.29 is 27.8 Å². The van der Waals surface area contributed by atoms with Gasteiger partial charge in [0.1, 0.15) is 12.4 Å². The molecule has 0 fully saturated rings. The van der Waals surface area contributed by atoms with Gasteiger partial charge in [0.05, 0.1) is 22.8 Å². The number of carboxylic acids is 1. The van der Waals surface area contributed by atoms with Crippen LogP contribution in [0.1, 0.15) is 11.1 Å². The molecule has 1 aromatic carbocycles. The van der Waals surface area contributed by atoms with Gasteiger partial charge in [-0.15, -0.1) is 0 Å². The Morgan fingerprint density at radius 1 is 1.47 bits per heavy atom. The lowest BCUT2D eigenvalue weighted by atomic mass is 10.1. The van der Waals surface area contributed by atoms with Crippen LogP contribution in [0.15, 0.2) is 30.4 Å². The van der Waals surface area contributed by atoms with Crippen LogP contribution in [0.25, 0.3) is 0 Å². The van der Waals surface area contributed by atoms with Gasteiger partial charge in [-0.25, -0.2) is 4.79 Å². The van der Waals surface area contributed by atoms with Gasteiger partial charge in [-0.2, -0.15) is 18.4 Å². The second-order valence-corrected chi connectivity index (χ2v) is 3.52. The van der Waals surface area contributed by atoms with Crippen molar-refractivity contribution in [1.82, 2.24) is 0 Å². The zero-order valence-electron chi connectivity index (χ0n) is 9.49. The van der Waals surface area contributed by atoms with Crippen LogP contribution in [-0.2, 0) is 11.0 Å². The summed E-state index contributed by atoms with van der Waals surface area (Å²) in [6.45, 7) is 2.56. The number of aliphatic carboxylic acids is 1. The average molecular weight is 271 g/mol. The number of halogens is 3.